The first kappa shape index (κ1) is 18.4. The highest BCUT2D eigenvalue weighted by molar-refractivity contribution is 5.85. The SMILES string of the molecule is Cc1cc(F)cc2c1Cc1nc(Oc3cnc(C4CC4)nc3)nc(N3CC4C(N)C4C3)c1-2. The molecule has 2 unspecified atom stereocenters. The topological polar surface area (TPSA) is 90.0 Å². The molecular weight excluding hydrogens is 407 g/mol. The summed E-state index contributed by atoms with van der Waals surface area (Å²) in [6.45, 7) is 3.66. The number of nitrogens with two attached hydrogens (primary N) is 1. The van der Waals surface area contributed by atoms with Crippen LogP contribution in [0.2, 0.25) is 0 Å². The molecule has 1 aromatic carbocycles. The van der Waals surface area contributed by atoms with Gasteiger partial charge in [0, 0.05) is 37.0 Å². The van der Waals surface area contributed by atoms with Gasteiger partial charge in [-0.25, -0.2) is 14.4 Å². The van der Waals surface area contributed by atoms with E-state index in [4.69, 9.17) is 20.4 Å². The number of aromatic nitrogens is 4. The van der Waals surface area contributed by atoms with Crippen molar-refractivity contribution < 1.29 is 9.13 Å². The Labute approximate surface area is 184 Å². The van der Waals surface area contributed by atoms with E-state index in [1.807, 2.05) is 6.92 Å². The number of anilines is 1. The maximum atomic E-state index is 14.3. The highest BCUT2D eigenvalue weighted by Gasteiger charge is 2.54. The molecule has 3 fully saturated rings. The van der Waals surface area contributed by atoms with Crippen molar-refractivity contribution >= 4 is 5.82 Å². The maximum Gasteiger partial charge on any atom is 0.324 e. The van der Waals surface area contributed by atoms with E-state index >= 15 is 0 Å². The standard InChI is InChI=1S/C24H23FN6O/c1-11-4-13(25)5-16-15(11)6-19-20(16)23(31-9-17-18(10-31)21(17)26)30-24(29-19)32-14-7-27-22(28-8-14)12-2-3-12/h4-5,7-8,12,17-18,21H,2-3,6,9-10,26H2,1H3. The van der Waals surface area contributed by atoms with Crippen molar-refractivity contribution in [3.05, 3.63) is 53.0 Å². The van der Waals surface area contributed by atoms with Gasteiger partial charge in [0.1, 0.15) is 17.5 Å². The number of aryl methyl sites for hydroxylation is 1. The van der Waals surface area contributed by atoms with E-state index in [0.717, 1.165) is 65.5 Å². The van der Waals surface area contributed by atoms with Crippen LogP contribution < -0.4 is 15.4 Å². The molecule has 7 rings (SSSR count). The van der Waals surface area contributed by atoms with Gasteiger partial charge in [-0.2, -0.15) is 9.97 Å². The number of benzene rings is 1. The Morgan fingerprint density at radius 2 is 1.84 bits per heavy atom. The van der Waals surface area contributed by atoms with Gasteiger partial charge in [-0.05, 0) is 60.4 Å². The van der Waals surface area contributed by atoms with Gasteiger partial charge in [-0.1, -0.05) is 0 Å². The molecule has 7 nitrogen and oxygen atoms in total. The second-order valence-electron chi connectivity index (χ2n) is 9.54. The number of nitrogens with zero attached hydrogens (tertiary/aromatic N) is 5. The van der Waals surface area contributed by atoms with Crippen LogP contribution in [0.25, 0.3) is 11.1 Å². The summed E-state index contributed by atoms with van der Waals surface area (Å²) in [5.41, 5.74) is 10.9. The zero-order chi connectivity index (χ0) is 21.6. The van der Waals surface area contributed by atoms with Gasteiger partial charge in [-0.3, -0.25) is 0 Å². The van der Waals surface area contributed by atoms with Crippen LogP contribution in [0.1, 0.15) is 41.4 Å². The Balaban J connectivity index is 1.29. The molecule has 2 aromatic heterocycles. The molecule has 0 amide bonds. The lowest BCUT2D eigenvalue weighted by molar-refractivity contribution is 0.435. The van der Waals surface area contributed by atoms with Crippen molar-refractivity contribution in [2.75, 3.05) is 18.0 Å². The normalized spacial score (nSPS) is 24.8. The zero-order valence-corrected chi connectivity index (χ0v) is 17.8. The van der Waals surface area contributed by atoms with E-state index < -0.39 is 0 Å². The lowest BCUT2D eigenvalue weighted by atomic mass is 10.0. The molecule has 0 radical (unpaired) electrons. The number of ether oxygens (including phenoxy) is 1. The molecule has 1 aliphatic heterocycles. The summed E-state index contributed by atoms with van der Waals surface area (Å²) in [7, 11) is 0. The van der Waals surface area contributed by atoms with Gasteiger partial charge >= 0.3 is 6.01 Å². The molecule has 32 heavy (non-hydrogen) atoms. The van der Waals surface area contributed by atoms with Gasteiger partial charge < -0.3 is 15.4 Å². The van der Waals surface area contributed by atoms with Crippen molar-refractivity contribution in [3.8, 4) is 22.9 Å². The first-order valence-corrected chi connectivity index (χ1v) is 11.3. The van der Waals surface area contributed by atoms with Crippen LogP contribution in [0.3, 0.4) is 0 Å². The van der Waals surface area contributed by atoms with Crippen molar-refractivity contribution in [1.82, 2.24) is 19.9 Å². The predicted octanol–water partition coefficient (Wildman–Crippen LogP) is 3.35. The molecule has 0 bridgehead atoms. The average Bonchev–Trinajstić information content (AvgIpc) is 3.62. The van der Waals surface area contributed by atoms with Crippen LogP contribution >= 0.6 is 0 Å². The number of hydrogen-bond donors (Lipinski definition) is 1. The molecule has 3 aliphatic carbocycles. The van der Waals surface area contributed by atoms with Crippen LogP contribution in [0, 0.1) is 24.6 Å². The van der Waals surface area contributed by atoms with Crippen molar-refractivity contribution in [3.63, 3.8) is 0 Å². The van der Waals surface area contributed by atoms with E-state index in [-0.39, 0.29) is 17.9 Å². The molecule has 2 saturated carbocycles. The minimum Gasteiger partial charge on any atom is -0.421 e. The molecular formula is C24H23FN6O. The Hall–Kier alpha value is -3.13. The first-order chi connectivity index (χ1) is 15.5. The highest BCUT2D eigenvalue weighted by Crippen LogP contribution is 2.49. The second kappa shape index (κ2) is 6.45. The third kappa shape index (κ3) is 2.82. The third-order valence-electron chi connectivity index (χ3n) is 7.36. The third-order valence-corrected chi connectivity index (χ3v) is 7.36. The van der Waals surface area contributed by atoms with Crippen molar-refractivity contribution in [1.29, 1.82) is 0 Å². The van der Waals surface area contributed by atoms with Gasteiger partial charge in [0.05, 0.1) is 18.1 Å². The van der Waals surface area contributed by atoms with E-state index in [9.17, 15) is 4.39 Å². The van der Waals surface area contributed by atoms with Gasteiger partial charge in [0.2, 0.25) is 0 Å². The molecule has 3 heterocycles. The fraction of sp³-hybridized carbons (Fsp3) is 0.417. The Bertz CT molecular complexity index is 1250. The largest absolute Gasteiger partial charge is 0.421 e. The van der Waals surface area contributed by atoms with Crippen molar-refractivity contribution in [2.45, 2.75) is 38.1 Å². The van der Waals surface area contributed by atoms with E-state index in [0.29, 0.717) is 29.9 Å². The summed E-state index contributed by atoms with van der Waals surface area (Å²) < 4.78 is 20.3. The fourth-order valence-electron chi connectivity index (χ4n) is 5.33. The lowest BCUT2D eigenvalue weighted by Gasteiger charge is -2.23. The van der Waals surface area contributed by atoms with Gasteiger partial charge in [-0.15, -0.1) is 0 Å². The number of rotatable bonds is 4. The summed E-state index contributed by atoms with van der Waals surface area (Å²) >= 11 is 0. The molecule has 2 N–H and O–H groups in total. The highest BCUT2D eigenvalue weighted by atomic mass is 19.1. The van der Waals surface area contributed by atoms with Crippen LogP contribution in [0.4, 0.5) is 10.2 Å². The summed E-state index contributed by atoms with van der Waals surface area (Å²) in [4.78, 5) is 20.6. The predicted molar refractivity (Wildman–Crippen MR) is 116 cm³/mol. The van der Waals surface area contributed by atoms with Crippen LogP contribution in [-0.2, 0) is 6.42 Å². The van der Waals surface area contributed by atoms with Crippen LogP contribution in [-0.4, -0.2) is 39.1 Å². The Kier molecular flexibility index (Phi) is 3.72. The lowest BCUT2D eigenvalue weighted by Crippen LogP contribution is -2.29. The van der Waals surface area contributed by atoms with Gasteiger partial charge in [0.15, 0.2) is 5.75 Å². The van der Waals surface area contributed by atoms with E-state index in [2.05, 4.69) is 14.9 Å². The number of piperidine rings is 1. The average molecular weight is 430 g/mol. The molecule has 8 heteroatoms. The minimum atomic E-state index is -0.237. The van der Waals surface area contributed by atoms with Gasteiger partial charge in [0.25, 0.3) is 0 Å². The smallest absolute Gasteiger partial charge is 0.324 e. The fourth-order valence-corrected chi connectivity index (χ4v) is 5.33. The summed E-state index contributed by atoms with van der Waals surface area (Å²) in [6, 6.07) is 3.75. The zero-order valence-electron chi connectivity index (χ0n) is 17.8. The molecule has 4 aliphatic rings. The molecule has 3 aromatic rings. The molecule has 1 saturated heterocycles. The minimum absolute atomic E-state index is 0.237. The van der Waals surface area contributed by atoms with Crippen molar-refractivity contribution in [2.24, 2.45) is 17.6 Å². The second-order valence-corrected chi connectivity index (χ2v) is 9.54. The van der Waals surface area contributed by atoms with Crippen LogP contribution in [0.15, 0.2) is 24.5 Å². The summed E-state index contributed by atoms with van der Waals surface area (Å²) in [6.07, 6.45) is 6.32. The molecule has 2 atom stereocenters. The quantitative estimate of drug-likeness (QED) is 0.531. The summed E-state index contributed by atoms with van der Waals surface area (Å²) in [5.74, 6) is 3.45. The first-order valence-electron chi connectivity index (χ1n) is 11.3. The van der Waals surface area contributed by atoms with E-state index in [1.54, 1.807) is 24.5 Å². The van der Waals surface area contributed by atoms with E-state index in [1.165, 1.54) is 0 Å². The summed E-state index contributed by atoms with van der Waals surface area (Å²) in [5, 5.41) is 0. The van der Waals surface area contributed by atoms with Crippen LogP contribution in [0.5, 0.6) is 11.8 Å². The monoisotopic (exact) mass is 430 g/mol. The number of hydrogen-bond acceptors (Lipinski definition) is 7. The Morgan fingerprint density at radius 1 is 1.09 bits per heavy atom. The maximum absolute atomic E-state index is 14.3. The number of fused-ring (bicyclic) bond motifs is 4. The molecule has 162 valence electrons. The molecule has 0 spiro atoms. The Morgan fingerprint density at radius 3 is 2.56 bits per heavy atom. The number of halogens is 1.